The van der Waals surface area contributed by atoms with Gasteiger partial charge in [0.25, 0.3) is 0 Å². The van der Waals surface area contributed by atoms with Gasteiger partial charge in [0, 0.05) is 18.4 Å². The van der Waals surface area contributed by atoms with Gasteiger partial charge in [-0.1, -0.05) is 44.4 Å². The third-order valence-electron chi connectivity index (χ3n) is 3.91. The molecule has 0 N–H and O–H groups in total. The number of rotatable bonds is 11. The second kappa shape index (κ2) is 10.6. The van der Waals surface area contributed by atoms with Crippen LogP contribution in [-0.2, 0) is 13.9 Å². The van der Waals surface area contributed by atoms with E-state index in [2.05, 4.69) is 6.92 Å². The van der Waals surface area contributed by atoms with E-state index in [1.54, 1.807) is 17.0 Å². The van der Waals surface area contributed by atoms with Gasteiger partial charge >= 0.3 is 0 Å². The minimum absolute atomic E-state index is 0.0491. The predicted molar refractivity (Wildman–Crippen MR) is 96.6 cm³/mol. The molecule has 1 aromatic rings. The van der Waals surface area contributed by atoms with Gasteiger partial charge in [0.2, 0.25) is 13.3 Å². The van der Waals surface area contributed by atoms with Crippen LogP contribution < -0.4 is 5.30 Å². The van der Waals surface area contributed by atoms with Crippen LogP contribution in [0.4, 0.5) is 0 Å². The lowest BCUT2D eigenvalue weighted by Crippen LogP contribution is -2.34. The standard InChI is InChI=1S/C18H30NO3P/c1-4-7-8-12-15-22-23(21,17-13-10-9-11-14-17)16-18(20)19(5-2)6-3/h9-11,13-14H,4-8,12,15-16H2,1-3H3. The highest BCUT2D eigenvalue weighted by Gasteiger charge is 2.30. The van der Waals surface area contributed by atoms with E-state index in [1.165, 1.54) is 0 Å². The summed E-state index contributed by atoms with van der Waals surface area (Å²) in [6.07, 6.45) is 4.19. The molecule has 23 heavy (non-hydrogen) atoms. The molecular formula is C18H30NO3P. The summed E-state index contributed by atoms with van der Waals surface area (Å²) in [6.45, 7) is 7.71. The van der Waals surface area contributed by atoms with Crippen molar-refractivity contribution in [2.45, 2.75) is 46.5 Å². The number of hydrogen-bond donors (Lipinski definition) is 0. The lowest BCUT2D eigenvalue weighted by atomic mass is 10.2. The molecule has 0 saturated carbocycles. The van der Waals surface area contributed by atoms with Crippen LogP contribution in [0.15, 0.2) is 30.3 Å². The molecule has 1 unspecified atom stereocenters. The Morgan fingerprint density at radius 1 is 1.04 bits per heavy atom. The Hall–Kier alpha value is -1.12. The molecule has 0 aliphatic heterocycles. The third-order valence-corrected chi connectivity index (χ3v) is 6.28. The van der Waals surface area contributed by atoms with Gasteiger partial charge in [0.05, 0.1) is 6.61 Å². The van der Waals surface area contributed by atoms with Crippen molar-refractivity contribution in [2.24, 2.45) is 0 Å². The van der Waals surface area contributed by atoms with Gasteiger partial charge in [0.1, 0.15) is 6.16 Å². The van der Waals surface area contributed by atoms with Crippen LogP contribution in [0, 0.1) is 0 Å². The van der Waals surface area contributed by atoms with Crippen LogP contribution in [0.2, 0.25) is 0 Å². The first-order chi connectivity index (χ1) is 11.1. The predicted octanol–water partition coefficient (Wildman–Crippen LogP) is 4.06. The maximum atomic E-state index is 13.3. The van der Waals surface area contributed by atoms with Crippen molar-refractivity contribution in [3.8, 4) is 0 Å². The molecule has 0 heterocycles. The quantitative estimate of drug-likeness (QED) is 0.451. The van der Waals surface area contributed by atoms with Crippen molar-refractivity contribution in [2.75, 3.05) is 25.9 Å². The van der Waals surface area contributed by atoms with E-state index in [4.69, 9.17) is 4.52 Å². The number of unbranched alkanes of at least 4 members (excludes halogenated alkanes) is 3. The zero-order valence-corrected chi connectivity index (χ0v) is 15.6. The van der Waals surface area contributed by atoms with E-state index in [0.717, 1.165) is 25.7 Å². The number of nitrogens with zero attached hydrogens (tertiary/aromatic N) is 1. The van der Waals surface area contributed by atoms with Crippen molar-refractivity contribution in [1.82, 2.24) is 4.90 Å². The first-order valence-corrected chi connectivity index (χ1v) is 10.4. The Bertz CT molecular complexity index is 500. The second-order valence-corrected chi connectivity index (χ2v) is 8.06. The van der Waals surface area contributed by atoms with Crippen LogP contribution in [0.5, 0.6) is 0 Å². The molecule has 130 valence electrons. The average molecular weight is 339 g/mol. The molecule has 0 bridgehead atoms. The van der Waals surface area contributed by atoms with E-state index < -0.39 is 7.37 Å². The first-order valence-electron chi connectivity index (χ1n) is 8.64. The van der Waals surface area contributed by atoms with Gasteiger partial charge in [-0.05, 0) is 32.4 Å². The topological polar surface area (TPSA) is 46.6 Å². The van der Waals surface area contributed by atoms with Crippen molar-refractivity contribution in [3.63, 3.8) is 0 Å². The fraction of sp³-hybridized carbons (Fsp3) is 0.611. The molecular weight excluding hydrogens is 309 g/mol. The summed E-state index contributed by atoms with van der Waals surface area (Å²) < 4.78 is 19.1. The zero-order chi connectivity index (χ0) is 17.1. The number of benzene rings is 1. The highest BCUT2D eigenvalue weighted by atomic mass is 31.2. The van der Waals surface area contributed by atoms with Crippen LogP contribution >= 0.6 is 7.37 Å². The van der Waals surface area contributed by atoms with Crippen LogP contribution in [0.3, 0.4) is 0 Å². The van der Waals surface area contributed by atoms with Crippen LogP contribution in [0.25, 0.3) is 0 Å². The van der Waals surface area contributed by atoms with Crippen LogP contribution in [0.1, 0.15) is 46.5 Å². The molecule has 0 aromatic heterocycles. The summed E-state index contributed by atoms with van der Waals surface area (Å²) in [7, 11) is -3.15. The molecule has 4 nitrogen and oxygen atoms in total. The Morgan fingerprint density at radius 3 is 2.26 bits per heavy atom. The van der Waals surface area contributed by atoms with E-state index in [1.807, 2.05) is 32.0 Å². The van der Waals surface area contributed by atoms with Gasteiger partial charge in [-0.25, -0.2) is 0 Å². The molecule has 5 heteroatoms. The summed E-state index contributed by atoms with van der Waals surface area (Å²) in [5, 5.41) is 0.635. The fourth-order valence-corrected chi connectivity index (χ4v) is 4.49. The minimum atomic E-state index is -3.15. The molecule has 1 rings (SSSR count). The summed E-state index contributed by atoms with van der Waals surface area (Å²) in [5.74, 6) is -0.101. The molecule has 0 fully saturated rings. The van der Waals surface area contributed by atoms with E-state index in [-0.39, 0.29) is 12.1 Å². The lowest BCUT2D eigenvalue weighted by Gasteiger charge is -2.23. The van der Waals surface area contributed by atoms with E-state index >= 15 is 0 Å². The average Bonchev–Trinajstić information content (AvgIpc) is 2.56. The summed E-state index contributed by atoms with van der Waals surface area (Å²) >= 11 is 0. The molecule has 1 amide bonds. The summed E-state index contributed by atoms with van der Waals surface area (Å²) in [4.78, 5) is 14.1. The third kappa shape index (κ3) is 6.48. The first kappa shape index (κ1) is 19.9. The molecule has 0 aliphatic carbocycles. The molecule has 0 saturated heterocycles. The largest absolute Gasteiger partial charge is 0.343 e. The lowest BCUT2D eigenvalue weighted by molar-refractivity contribution is -0.128. The van der Waals surface area contributed by atoms with Crippen LogP contribution in [-0.4, -0.2) is 36.7 Å². The van der Waals surface area contributed by atoms with E-state index in [9.17, 15) is 9.36 Å². The number of hydrogen-bond acceptors (Lipinski definition) is 3. The number of amides is 1. The van der Waals surface area contributed by atoms with Crippen molar-refractivity contribution in [1.29, 1.82) is 0 Å². The van der Waals surface area contributed by atoms with E-state index in [0.29, 0.717) is 25.0 Å². The van der Waals surface area contributed by atoms with Gasteiger partial charge in [-0.3, -0.25) is 9.36 Å². The Kier molecular flexibility index (Phi) is 9.20. The molecule has 1 atom stereocenters. The smallest absolute Gasteiger partial charge is 0.241 e. The molecule has 0 spiro atoms. The maximum absolute atomic E-state index is 13.3. The summed E-state index contributed by atoms with van der Waals surface area (Å²) in [5.41, 5.74) is 0. The number of carbonyl (C=O) groups excluding carboxylic acids is 1. The highest BCUT2D eigenvalue weighted by Crippen LogP contribution is 2.46. The van der Waals surface area contributed by atoms with Gasteiger partial charge in [-0.15, -0.1) is 0 Å². The Morgan fingerprint density at radius 2 is 1.70 bits per heavy atom. The Balaban J connectivity index is 2.80. The Labute approximate surface area is 140 Å². The van der Waals surface area contributed by atoms with Gasteiger partial charge in [-0.2, -0.15) is 0 Å². The highest BCUT2D eigenvalue weighted by molar-refractivity contribution is 7.67. The summed E-state index contributed by atoms with van der Waals surface area (Å²) in [6, 6.07) is 9.14. The number of carbonyl (C=O) groups is 1. The monoisotopic (exact) mass is 339 g/mol. The fourth-order valence-electron chi connectivity index (χ4n) is 2.46. The molecule has 0 aliphatic rings. The molecule has 1 aromatic carbocycles. The van der Waals surface area contributed by atoms with Crippen molar-refractivity contribution < 1.29 is 13.9 Å². The maximum Gasteiger partial charge on any atom is 0.241 e. The zero-order valence-electron chi connectivity index (χ0n) is 14.7. The van der Waals surface area contributed by atoms with Gasteiger partial charge in [0.15, 0.2) is 0 Å². The second-order valence-electron chi connectivity index (χ2n) is 5.63. The SMILES string of the molecule is CCCCCCOP(=O)(CC(=O)N(CC)CC)c1ccccc1. The normalized spacial score (nSPS) is 13.5. The van der Waals surface area contributed by atoms with Crippen molar-refractivity contribution >= 4 is 18.6 Å². The van der Waals surface area contributed by atoms with Gasteiger partial charge < -0.3 is 9.42 Å². The minimum Gasteiger partial charge on any atom is -0.343 e. The van der Waals surface area contributed by atoms with Crippen molar-refractivity contribution in [3.05, 3.63) is 30.3 Å². The molecule has 0 radical (unpaired) electrons.